The minimum atomic E-state index is -0.791. The molecule has 6 rings (SSSR count). The lowest BCUT2D eigenvalue weighted by atomic mass is 9.48. The van der Waals surface area contributed by atoms with Crippen molar-refractivity contribution in [2.75, 3.05) is 0 Å². The summed E-state index contributed by atoms with van der Waals surface area (Å²) in [6.07, 6.45) is 10.3. The molecule has 0 saturated heterocycles. The highest BCUT2D eigenvalue weighted by Gasteiger charge is 2.76. The number of benzene rings is 2. The van der Waals surface area contributed by atoms with Crippen molar-refractivity contribution >= 4 is 12.3 Å². The Labute approximate surface area is 201 Å². The molecule has 4 aliphatic rings. The van der Waals surface area contributed by atoms with E-state index in [4.69, 9.17) is 9.47 Å². The molecule has 34 heavy (non-hydrogen) atoms. The van der Waals surface area contributed by atoms with Crippen LogP contribution in [0, 0.1) is 22.7 Å². The molecule has 4 aliphatic carbocycles. The third-order valence-electron chi connectivity index (χ3n) is 9.69. The van der Waals surface area contributed by atoms with Crippen molar-refractivity contribution in [2.24, 2.45) is 22.7 Å². The first kappa shape index (κ1) is 21.6. The molecule has 0 radical (unpaired) electrons. The van der Waals surface area contributed by atoms with Crippen LogP contribution in [0.1, 0.15) is 62.1 Å². The summed E-state index contributed by atoms with van der Waals surface area (Å²) in [5.41, 5.74) is 2.88. The van der Waals surface area contributed by atoms with Gasteiger partial charge in [0, 0.05) is 17.8 Å². The third kappa shape index (κ3) is 2.77. The van der Waals surface area contributed by atoms with E-state index in [0.29, 0.717) is 18.4 Å². The SMILES string of the molecule is CC(=O)O[C@]12C=C[C@]3(C[C@H]1C=O)[C@@H]1CCc4cc(OCc5ccccc5)ccc4[C@H]1CC[C@@]32C. The van der Waals surface area contributed by atoms with Gasteiger partial charge in [-0.1, -0.05) is 49.4 Å². The van der Waals surface area contributed by atoms with Crippen LogP contribution in [-0.4, -0.2) is 17.9 Å². The van der Waals surface area contributed by atoms with E-state index in [9.17, 15) is 9.59 Å². The van der Waals surface area contributed by atoms with E-state index in [0.717, 1.165) is 44.1 Å². The van der Waals surface area contributed by atoms with Gasteiger partial charge in [0.1, 0.15) is 24.2 Å². The average Bonchev–Trinajstić information content (AvgIpc) is 3.22. The van der Waals surface area contributed by atoms with E-state index in [1.165, 1.54) is 23.6 Å². The molecule has 0 heterocycles. The number of allylic oxidation sites excluding steroid dienone is 1. The van der Waals surface area contributed by atoms with Gasteiger partial charge in [-0.25, -0.2) is 0 Å². The molecule has 0 N–H and O–H groups in total. The number of aldehydes is 1. The van der Waals surface area contributed by atoms with Crippen LogP contribution < -0.4 is 4.74 Å². The number of hydrogen-bond donors (Lipinski definition) is 0. The topological polar surface area (TPSA) is 52.6 Å². The van der Waals surface area contributed by atoms with Crippen LogP contribution in [0.15, 0.2) is 60.7 Å². The van der Waals surface area contributed by atoms with Gasteiger partial charge in [0.15, 0.2) is 0 Å². The Hall–Kier alpha value is -2.88. The molecule has 0 unspecified atom stereocenters. The summed E-state index contributed by atoms with van der Waals surface area (Å²) < 4.78 is 12.1. The molecular formula is C30H32O4. The molecule has 0 spiro atoms. The van der Waals surface area contributed by atoms with Crippen LogP contribution in [0.4, 0.5) is 0 Å². The zero-order valence-electron chi connectivity index (χ0n) is 20.0. The van der Waals surface area contributed by atoms with Crippen molar-refractivity contribution in [2.45, 2.75) is 64.1 Å². The Morgan fingerprint density at radius 3 is 2.71 bits per heavy atom. The lowest BCUT2D eigenvalue weighted by molar-refractivity contribution is -0.173. The van der Waals surface area contributed by atoms with Crippen molar-refractivity contribution in [1.29, 1.82) is 0 Å². The first-order valence-electron chi connectivity index (χ1n) is 12.6. The summed E-state index contributed by atoms with van der Waals surface area (Å²) in [6, 6.07) is 16.9. The van der Waals surface area contributed by atoms with Crippen LogP contribution in [0.25, 0.3) is 0 Å². The van der Waals surface area contributed by atoms with Gasteiger partial charge in [0.25, 0.3) is 0 Å². The van der Waals surface area contributed by atoms with Gasteiger partial charge in [-0.15, -0.1) is 0 Å². The van der Waals surface area contributed by atoms with Crippen molar-refractivity contribution in [3.63, 3.8) is 0 Å². The largest absolute Gasteiger partial charge is 0.489 e. The third-order valence-corrected chi connectivity index (χ3v) is 9.69. The van der Waals surface area contributed by atoms with Crippen LogP contribution in [0.5, 0.6) is 5.75 Å². The lowest BCUT2D eigenvalue weighted by Crippen LogP contribution is -2.54. The summed E-state index contributed by atoms with van der Waals surface area (Å²) in [6.45, 7) is 4.31. The maximum Gasteiger partial charge on any atom is 0.303 e. The Bertz CT molecular complexity index is 1170. The molecule has 0 amide bonds. The maximum atomic E-state index is 12.2. The zero-order chi connectivity index (χ0) is 23.6. The Morgan fingerprint density at radius 2 is 1.94 bits per heavy atom. The minimum Gasteiger partial charge on any atom is -0.489 e. The monoisotopic (exact) mass is 456 g/mol. The second-order valence-corrected chi connectivity index (χ2v) is 11.0. The number of carbonyl (C=O) groups excluding carboxylic acids is 2. The Kier molecular flexibility index (Phi) is 4.81. The van der Waals surface area contributed by atoms with Crippen LogP contribution >= 0.6 is 0 Å². The fourth-order valence-corrected chi connectivity index (χ4v) is 8.20. The van der Waals surface area contributed by atoms with E-state index < -0.39 is 5.60 Å². The fourth-order valence-electron chi connectivity index (χ4n) is 8.20. The molecule has 4 heteroatoms. The molecule has 2 aromatic carbocycles. The van der Waals surface area contributed by atoms with Gasteiger partial charge in [-0.3, -0.25) is 4.79 Å². The number of carbonyl (C=O) groups is 2. The number of ether oxygens (including phenoxy) is 2. The van der Waals surface area contributed by atoms with Crippen LogP contribution in [0.2, 0.25) is 0 Å². The Morgan fingerprint density at radius 1 is 1.12 bits per heavy atom. The number of fused-ring (bicyclic) bond motifs is 3. The van der Waals surface area contributed by atoms with E-state index in [-0.39, 0.29) is 22.7 Å². The lowest BCUT2D eigenvalue weighted by Gasteiger charge is -2.56. The number of hydrogen-bond acceptors (Lipinski definition) is 4. The second-order valence-electron chi connectivity index (χ2n) is 11.0. The van der Waals surface area contributed by atoms with Crippen LogP contribution in [-0.2, 0) is 27.4 Å². The number of aryl methyl sites for hydroxylation is 1. The highest BCUT2D eigenvalue weighted by molar-refractivity contribution is 5.70. The predicted octanol–water partition coefficient (Wildman–Crippen LogP) is 5.79. The van der Waals surface area contributed by atoms with Gasteiger partial charge >= 0.3 is 5.97 Å². The normalized spacial score (nSPS) is 36.8. The average molecular weight is 457 g/mol. The Balaban J connectivity index is 1.29. The highest BCUT2D eigenvalue weighted by atomic mass is 16.6. The number of rotatable bonds is 5. The molecular weight excluding hydrogens is 424 g/mol. The summed E-state index contributed by atoms with van der Waals surface area (Å²) >= 11 is 0. The van der Waals surface area contributed by atoms with E-state index in [1.54, 1.807) is 0 Å². The van der Waals surface area contributed by atoms with Crippen molar-refractivity contribution in [3.8, 4) is 5.75 Å². The molecule has 2 bridgehead atoms. The van der Waals surface area contributed by atoms with Crippen molar-refractivity contribution in [3.05, 3.63) is 77.4 Å². The van der Waals surface area contributed by atoms with Gasteiger partial charge < -0.3 is 14.3 Å². The van der Waals surface area contributed by atoms with Gasteiger partial charge in [0.05, 0.1) is 5.92 Å². The van der Waals surface area contributed by atoms with Crippen molar-refractivity contribution < 1.29 is 19.1 Å². The predicted molar refractivity (Wildman–Crippen MR) is 129 cm³/mol. The molecule has 0 aromatic heterocycles. The molecule has 2 fully saturated rings. The fraction of sp³-hybridized carbons (Fsp3) is 0.467. The molecule has 4 nitrogen and oxygen atoms in total. The quantitative estimate of drug-likeness (QED) is 0.325. The van der Waals surface area contributed by atoms with Gasteiger partial charge in [0.2, 0.25) is 0 Å². The van der Waals surface area contributed by atoms with Gasteiger partial charge in [-0.2, -0.15) is 0 Å². The zero-order valence-corrected chi connectivity index (χ0v) is 20.0. The summed E-state index contributed by atoms with van der Waals surface area (Å²) in [5.74, 6) is 1.28. The minimum absolute atomic E-state index is 0.100. The molecule has 176 valence electrons. The van der Waals surface area contributed by atoms with E-state index in [1.807, 2.05) is 18.2 Å². The highest BCUT2D eigenvalue weighted by Crippen LogP contribution is 2.77. The van der Waals surface area contributed by atoms with E-state index >= 15 is 0 Å². The number of esters is 1. The first-order chi connectivity index (χ1) is 16.4. The standard InChI is InChI=1S/C30H32O4/c1-20(32)34-30-15-14-29(17-23(30)18-31)27-11-8-22-16-24(33-19-21-6-4-3-5-7-21)9-10-25(22)26(27)12-13-28(29,30)2/h3-7,9-10,14-16,18,23,26-27H,8,11-13,17,19H2,1-2H3/t23-,26+,27+,28-,29-,30+/m0/s1. The van der Waals surface area contributed by atoms with Crippen molar-refractivity contribution in [1.82, 2.24) is 0 Å². The molecule has 2 aromatic rings. The maximum absolute atomic E-state index is 12.2. The smallest absolute Gasteiger partial charge is 0.303 e. The molecule has 2 saturated carbocycles. The summed E-state index contributed by atoms with van der Waals surface area (Å²) in [7, 11) is 0. The molecule has 0 aliphatic heterocycles. The van der Waals surface area contributed by atoms with E-state index in [2.05, 4.69) is 49.4 Å². The van der Waals surface area contributed by atoms with Gasteiger partial charge in [-0.05, 0) is 78.8 Å². The first-order valence-corrected chi connectivity index (χ1v) is 12.6. The van der Waals surface area contributed by atoms with Crippen LogP contribution in [0.3, 0.4) is 0 Å². The molecule has 6 atom stereocenters. The summed E-state index contributed by atoms with van der Waals surface area (Å²) in [4.78, 5) is 24.3. The summed E-state index contributed by atoms with van der Waals surface area (Å²) in [5, 5.41) is 0. The second kappa shape index (κ2) is 7.56.